The minimum Gasteiger partial charge on any atom is -0.462 e. The molecule has 0 atom stereocenters. The maximum absolute atomic E-state index is 12.3. The molecule has 0 saturated carbocycles. The first-order chi connectivity index (χ1) is 10.6. The van der Waals surface area contributed by atoms with Gasteiger partial charge in [0.1, 0.15) is 9.71 Å². The molecule has 0 aliphatic heterocycles. The monoisotopic (exact) mass is 377 g/mol. The molecule has 2 heterocycles. The Kier molecular flexibility index (Phi) is 4.13. The second-order valence-corrected chi connectivity index (χ2v) is 6.32. The zero-order valence-corrected chi connectivity index (χ0v) is 14.1. The molecule has 0 saturated heterocycles. The van der Waals surface area contributed by atoms with Gasteiger partial charge in [-0.25, -0.2) is 4.79 Å². The molecular weight excluding hydrogens is 366 g/mol. The molecule has 0 amide bonds. The third-order valence-electron chi connectivity index (χ3n) is 3.16. The summed E-state index contributed by atoms with van der Waals surface area (Å²) in [5.74, 6) is -0.386. The molecule has 112 valence electrons. The van der Waals surface area contributed by atoms with Crippen LogP contribution in [0, 0.1) is 0 Å². The molecule has 1 aromatic carbocycles. The lowest BCUT2D eigenvalue weighted by atomic mass is 10.2. The van der Waals surface area contributed by atoms with Gasteiger partial charge in [0.05, 0.1) is 16.8 Å². The number of halogens is 1. The van der Waals surface area contributed by atoms with Crippen molar-refractivity contribution in [3.8, 4) is 5.69 Å². The predicted octanol–water partition coefficient (Wildman–Crippen LogP) is 3.99. The molecule has 0 fully saturated rings. The van der Waals surface area contributed by atoms with Gasteiger partial charge in [0.25, 0.3) is 5.56 Å². The fourth-order valence-corrected chi connectivity index (χ4v) is 4.16. The highest BCUT2D eigenvalue weighted by molar-refractivity contribution is 9.10. The van der Waals surface area contributed by atoms with Crippen molar-refractivity contribution in [3.63, 3.8) is 0 Å². The van der Waals surface area contributed by atoms with Crippen LogP contribution < -0.4 is 5.56 Å². The van der Waals surface area contributed by atoms with Crippen LogP contribution in [0.25, 0.3) is 15.9 Å². The number of benzene rings is 1. The Balaban J connectivity index is 2.30. The number of nitrogens with zero attached hydrogens (tertiary/aromatic N) is 1. The van der Waals surface area contributed by atoms with Crippen molar-refractivity contribution >= 4 is 43.5 Å². The highest BCUT2D eigenvalue weighted by atomic mass is 79.9. The first-order valence-electron chi connectivity index (χ1n) is 6.70. The topological polar surface area (TPSA) is 48.3 Å². The highest BCUT2D eigenvalue weighted by Gasteiger charge is 2.20. The molecule has 3 aromatic rings. The van der Waals surface area contributed by atoms with Crippen molar-refractivity contribution in [2.75, 3.05) is 6.61 Å². The lowest BCUT2D eigenvalue weighted by molar-refractivity contribution is 0.0531. The minimum atomic E-state index is -0.386. The van der Waals surface area contributed by atoms with E-state index in [-0.39, 0.29) is 11.5 Å². The van der Waals surface area contributed by atoms with Crippen molar-refractivity contribution in [1.82, 2.24) is 4.57 Å². The molecule has 0 N–H and O–H groups in total. The molecule has 4 nitrogen and oxygen atoms in total. The van der Waals surface area contributed by atoms with Gasteiger partial charge < -0.3 is 4.74 Å². The number of ether oxygens (including phenoxy) is 1. The Morgan fingerprint density at radius 2 is 1.95 bits per heavy atom. The number of hydrogen-bond acceptors (Lipinski definition) is 4. The molecule has 0 spiro atoms. The average molecular weight is 378 g/mol. The van der Waals surface area contributed by atoms with E-state index >= 15 is 0 Å². The predicted molar refractivity (Wildman–Crippen MR) is 91.1 cm³/mol. The van der Waals surface area contributed by atoms with E-state index in [2.05, 4.69) is 15.9 Å². The Labute approximate surface area is 139 Å². The van der Waals surface area contributed by atoms with Crippen LogP contribution >= 0.6 is 27.3 Å². The SMILES string of the molecule is CCOC(=O)c1sc2c(ccc(=O)n2-c2ccccc2)c1Br. The Morgan fingerprint density at radius 3 is 2.64 bits per heavy atom. The van der Waals surface area contributed by atoms with Crippen LogP contribution in [0.3, 0.4) is 0 Å². The molecular formula is C16H12BrNO3S. The van der Waals surface area contributed by atoms with Gasteiger partial charge in [-0.15, -0.1) is 11.3 Å². The quantitative estimate of drug-likeness (QED) is 0.648. The third-order valence-corrected chi connectivity index (χ3v) is 5.41. The van der Waals surface area contributed by atoms with E-state index in [1.165, 1.54) is 17.4 Å². The fraction of sp³-hybridized carbons (Fsp3) is 0.125. The lowest BCUT2D eigenvalue weighted by Gasteiger charge is -2.06. The fourth-order valence-electron chi connectivity index (χ4n) is 2.20. The van der Waals surface area contributed by atoms with E-state index < -0.39 is 0 Å². The largest absolute Gasteiger partial charge is 0.462 e. The second kappa shape index (κ2) is 6.06. The van der Waals surface area contributed by atoms with E-state index in [1.54, 1.807) is 17.6 Å². The molecule has 2 aromatic heterocycles. The van der Waals surface area contributed by atoms with Crippen molar-refractivity contribution in [2.24, 2.45) is 0 Å². The van der Waals surface area contributed by atoms with Crippen LogP contribution in [0.4, 0.5) is 0 Å². The van der Waals surface area contributed by atoms with Crippen molar-refractivity contribution in [2.45, 2.75) is 6.92 Å². The summed E-state index contributed by atoms with van der Waals surface area (Å²) in [6, 6.07) is 12.6. The number of pyridine rings is 1. The summed E-state index contributed by atoms with van der Waals surface area (Å²) >= 11 is 4.70. The van der Waals surface area contributed by atoms with E-state index in [4.69, 9.17) is 4.74 Å². The van der Waals surface area contributed by atoms with E-state index in [9.17, 15) is 9.59 Å². The number of fused-ring (bicyclic) bond motifs is 1. The van der Waals surface area contributed by atoms with Gasteiger partial charge in [0, 0.05) is 11.5 Å². The first kappa shape index (κ1) is 15.0. The zero-order chi connectivity index (χ0) is 15.7. The average Bonchev–Trinajstić information content (AvgIpc) is 2.85. The van der Waals surface area contributed by atoms with Crippen molar-refractivity contribution in [3.05, 3.63) is 62.2 Å². The molecule has 6 heteroatoms. The van der Waals surface area contributed by atoms with Gasteiger partial charge >= 0.3 is 5.97 Å². The van der Waals surface area contributed by atoms with Crippen LogP contribution in [-0.4, -0.2) is 17.1 Å². The Bertz CT molecular complexity index is 899. The van der Waals surface area contributed by atoms with Gasteiger partial charge in [-0.3, -0.25) is 9.36 Å². The van der Waals surface area contributed by atoms with Gasteiger partial charge in [-0.1, -0.05) is 18.2 Å². The molecule has 0 unspecified atom stereocenters. The van der Waals surface area contributed by atoms with Crippen LogP contribution in [0.15, 0.2) is 51.7 Å². The standard InChI is InChI=1S/C16H12BrNO3S/c1-2-21-16(20)14-13(17)11-8-9-12(19)18(15(11)22-14)10-6-4-3-5-7-10/h3-9H,2H2,1H3. The molecule has 0 aliphatic rings. The van der Waals surface area contributed by atoms with E-state index in [0.29, 0.717) is 20.8 Å². The van der Waals surface area contributed by atoms with E-state index in [0.717, 1.165) is 11.1 Å². The molecule has 0 bridgehead atoms. The molecule has 0 aliphatic carbocycles. The first-order valence-corrected chi connectivity index (χ1v) is 8.31. The summed E-state index contributed by atoms with van der Waals surface area (Å²) in [4.78, 5) is 25.5. The Hall–Kier alpha value is -1.92. The summed E-state index contributed by atoms with van der Waals surface area (Å²) in [5, 5.41) is 0.816. The number of esters is 1. The lowest BCUT2D eigenvalue weighted by Crippen LogP contribution is -2.16. The van der Waals surface area contributed by atoms with Crippen LogP contribution in [0.1, 0.15) is 16.6 Å². The van der Waals surface area contributed by atoms with Crippen molar-refractivity contribution < 1.29 is 9.53 Å². The number of aromatic nitrogens is 1. The summed E-state index contributed by atoms with van der Waals surface area (Å²) in [7, 11) is 0. The number of carbonyl (C=O) groups excluding carboxylic acids is 1. The summed E-state index contributed by atoms with van der Waals surface area (Å²) in [5.41, 5.74) is 0.630. The molecule has 22 heavy (non-hydrogen) atoms. The number of para-hydroxylation sites is 1. The Morgan fingerprint density at radius 1 is 1.23 bits per heavy atom. The van der Waals surface area contributed by atoms with Gasteiger partial charge in [0.2, 0.25) is 0 Å². The van der Waals surface area contributed by atoms with Crippen LogP contribution in [-0.2, 0) is 4.74 Å². The highest BCUT2D eigenvalue weighted by Crippen LogP contribution is 2.36. The summed E-state index contributed by atoms with van der Waals surface area (Å²) in [6.07, 6.45) is 0. The van der Waals surface area contributed by atoms with Crippen LogP contribution in [0.2, 0.25) is 0 Å². The van der Waals surface area contributed by atoms with Gasteiger partial charge in [-0.2, -0.15) is 0 Å². The molecule has 3 rings (SSSR count). The maximum Gasteiger partial charge on any atom is 0.349 e. The van der Waals surface area contributed by atoms with E-state index in [1.807, 2.05) is 30.3 Å². The zero-order valence-electron chi connectivity index (χ0n) is 11.7. The van der Waals surface area contributed by atoms with Crippen LogP contribution in [0.5, 0.6) is 0 Å². The summed E-state index contributed by atoms with van der Waals surface area (Å²) in [6.45, 7) is 2.07. The maximum atomic E-state index is 12.3. The normalized spacial score (nSPS) is 10.8. The summed E-state index contributed by atoms with van der Waals surface area (Å²) < 4.78 is 7.34. The number of carbonyl (C=O) groups is 1. The van der Waals surface area contributed by atoms with Gasteiger partial charge in [-0.05, 0) is 41.1 Å². The number of hydrogen-bond donors (Lipinski definition) is 0. The molecule has 0 radical (unpaired) electrons. The van der Waals surface area contributed by atoms with Crippen molar-refractivity contribution in [1.29, 1.82) is 0 Å². The number of thiophene rings is 1. The van der Waals surface area contributed by atoms with Gasteiger partial charge in [0.15, 0.2) is 0 Å². The second-order valence-electron chi connectivity index (χ2n) is 4.53. The minimum absolute atomic E-state index is 0.136. The number of rotatable bonds is 3. The smallest absolute Gasteiger partial charge is 0.349 e. The third kappa shape index (κ3) is 2.48.